The average molecular weight is 239 g/mol. The largest absolute Gasteiger partial charge is 0.411 e. The summed E-state index contributed by atoms with van der Waals surface area (Å²) in [6.07, 6.45) is -4.34. The van der Waals surface area contributed by atoms with Gasteiger partial charge in [0.25, 0.3) is 0 Å². The Morgan fingerprint density at radius 1 is 1.44 bits per heavy atom. The first-order chi connectivity index (χ1) is 7.51. The number of aromatic nitrogens is 2. The highest BCUT2D eigenvalue weighted by Gasteiger charge is 2.27. The lowest BCUT2D eigenvalue weighted by Crippen LogP contribution is -2.17. The third-order valence-corrected chi connectivity index (χ3v) is 1.53. The quantitative estimate of drug-likeness (QED) is 0.809. The molecule has 0 saturated heterocycles. The lowest BCUT2D eigenvalue weighted by atomic mass is 10.6. The molecule has 1 rings (SSSR count). The number of ether oxygens (including phenoxy) is 1. The van der Waals surface area contributed by atoms with Gasteiger partial charge in [-0.3, -0.25) is 0 Å². The Labute approximate surface area is 90.0 Å². The van der Waals surface area contributed by atoms with E-state index in [1.165, 1.54) is 0 Å². The molecule has 0 spiro atoms. The summed E-state index contributed by atoms with van der Waals surface area (Å²) >= 11 is 0. The average Bonchev–Trinajstić information content (AvgIpc) is 2.61. The molecule has 5 nitrogen and oxygen atoms in total. The molecule has 0 aliphatic heterocycles. The predicted molar refractivity (Wildman–Crippen MR) is 47.4 cm³/mol. The normalized spacial score (nSPS) is 12.0. The van der Waals surface area contributed by atoms with E-state index in [4.69, 9.17) is 4.52 Å². The summed E-state index contributed by atoms with van der Waals surface area (Å²) in [7, 11) is 0. The van der Waals surface area contributed by atoms with Crippen LogP contribution >= 0.6 is 0 Å². The van der Waals surface area contributed by atoms with Gasteiger partial charge in [0.15, 0.2) is 5.82 Å². The topological polar surface area (TPSA) is 60.2 Å². The van der Waals surface area contributed by atoms with Crippen molar-refractivity contribution >= 4 is 0 Å². The van der Waals surface area contributed by atoms with E-state index in [-0.39, 0.29) is 12.4 Å². The van der Waals surface area contributed by atoms with Gasteiger partial charge in [0.2, 0.25) is 5.89 Å². The van der Waals surface area contributed by atoms with Crippen molar-refractivity contribution < 1.29 is 22.4 Å². The van der Waals surface area contributed by atoms with Gasteiger partial charge in [-0.05, 0) is 6.54 Å². The third-order valence-electron chi connectivity index (χ3n) is 1.53. The van der Waals surface area contributed by atoms with Gasteiger partial charge >= 0.3 is 6.18 Å². The summed E-state index contributed by atoms with van der Waals surface area (Å²) in [5, 5.41) is 6.41. The summed E-state index contributed by atoms with van der Waals surface area (Å²) in [6.45, 7) is 1.41. The maximum Gasteiger partial charge on any atom is 0.411 e. The van der Waals surface area contributed by atoms with E-state index in [1.54, 1.807) is 0 Å². The number of nitrogens with one attached hydrogen (secondary N) is 1. The molecule has 0 aliphatic carbocycles. The highest BCUT2D eigenvalue weighted by atomic mass is 19.4. The monoisotopic (exact) mass is 239 g/mol. The second-order valence-electron chi connectivity index (χ2n) is 2.99. The standard InChI is InChI=1S/C8H12F3N3O2/c1-2-12-3-7-13-6(14-16-7)4-15-5-8(9,10)11/h12H,2-5H2,1H3. The Morgan fingerprint density at radius 3 is 2.81 bits per heavy atom. The molecule has 0 aliphatic rings. The van der Waals surface area contributed by atoms with E-state index in [1.807, 2.05) is 6.92 Å². The van der Waals surface area contributed by atoms with Gasteiger partial charge in [-0.1, -0.05) is 12.1 Å². The Kier molecular flexibility index (Phi) is 4.69. The molecule has 8 heteroatoms. The van der Waals surface area contributed by atoms with Crippen molar-refractivity contribution in [1.29, 1.82) is 0 Å². The van der Waals surface area contributed by atoms with Crippen LogP contribution in [0, 0.1) is 0 Å². The highest BCUT2D eigenvalue weighted by Crippen LogP contribution is 2.15. The van der Waals surface area contributed by atoms with Crippen LogP contribution in [-0.2, 0) is 17.9 Å². The summed E-state index contributed by atoms with van der Waals surface area (Å²) in [5.41, 5.74) is 0. The molecule has 0 fully saturated rings. The van der Waals surface area contributed by atoms with Gasteiger partial charge in [-0.15, -0.1) is 0 Å². The number of nitrogens with zero attached hydrogens (tertiary/aromatic N) is 2. The van der Waals surface area contributed by atoms with Crippen LogP contribution in [0.2, 0.25) is 0 Å². The van der Waals surface area contributed by atoms with E-state index in [2.05, 4.69) is 20.2 Å². The number of halogens is 3. The van der Waals surface area contributed by atoms with Crippen LogP contribution in [0.15, 0.2) is 4.52 Å². The maximum absolute atomic E-state index is 11.7. The first-order valence-corrected chi connectivity index (χ1v) is 4.68. The molecule has 92 valence electrons. The summed E-state index contributed by atoms with van der Waals surface area (Å²) in [6, 6.07) is 0. The minimum atomic E-state index is -4.34. The van der Waals surface area contributed by atoms with E-state index in [0.717, 1.165) is 6.54 Å². The molecule has 1 aromatic heterocycles. The molecule has 0 aromatic carbocycles. The zero-order chi connectivity index (χ0) is 12.0. The van der Waals surface area contributed by atoms with E-state index in [0.29, 0.717) is 12.4 Å². The van der Waals surface area contributed by atoms with Gasteiger partial charge < -0.3 is 14.6 Å². The Bertz CT molecular complexity index is 314. The predicted octanol–water partition coefficient (Wildman–Crippen LogP) is 1.26. The molecule has 0 radical (unpaired) electrons. The van der Waals surface area contributed by atoms with Crippen molar-refractivity contribution in [3.63, 3.8) is 0 Å². The maximum atomic E-state index is 11.7. The van der Waals surface area contributed by atoms with Crippen LogP contribution in [0.4, 0.5) is 13.2 Å². The fourth-order valence-electron chi connectivity index (χ4n) is 0.911. The van der Waals surface area contributed by atoms with Crippen LogP contribution in [0.25, 0.3) is 0 Å². The van der Waals surface area contributed by atoms with Crippen LogP contribution in [0.1, 0.15) is 18.6 Å². The molecule has 0 saturated carbocycles. The van der Waals surface area contributed by atoms with Crippen LogP contribution in [0.3, 0.4) is 0 Å². The van der Waals surface area contributed by atoms with Crippen LogP contribution < -0.4 is 5.32 Å². The van der Waals surface area contributed by atoms with Crippen LogP contribution in [0.5, 0.6) is 0 Å². The first kappa shape index (κ1) is 12.9. The van der Waals surface area contributed by atoms with Gasteiger partial charge in [-0.25, -0.2) is 0 Å². The molecule has 0 bridgehead atoms. The molecule has 0 atom stereocenters. The Balaban J connectivity index is 2.29. The molecule has 0 unspecified atom stereocenters. The zero-order valence-electron chi connectivity index (χ0n) is 8.67. The van der Waals surface area contributed by atoms with Crippen molar-refractivity contribution in [2.24, 2.45) is 0 Å². The van der Waals surface area contributed by atoms with E-state index in [9.17, 15) is 13.2 Å². The van der Waals surface area contributed by atoms with E-state index >= 15 is 0 Å². The zero-order valence-corrected chi connectivity index (χ0v) is 8.67. The summed E-state index contributed by atoms with van der Waals surface area (Å²) < 4.78 is 44.3. The molecular weight excluding hydrogens is 227 g/mol. The minimum Gasteiger partial charge on any atom is -0.364 e. The third kappa shape index (κ3) is 5.08. The molecule has 16 heavy (non-hydrogen) atoms. The van der Waals surface area contributed by atoms with Gasteiger partial charge in [0.1, 0.15) is 13.2 Å². The van der Waals surface area contributed by atoms with Gasteiger partial charge in [-0.2, -0.15) is 18.2 Å². The number of hydrogen-bond acceptors (Lipinski definition) is 5. The van der Waals surface area contributed by atoms with Crippen LogP contribution in [-0.4, -0.2) is 29.5 Å². The summed E-state index contributed by atoms with van der Waals surface area (Å²) in [4.78, 5) is 3.83. The van der Waals surface area contributed by atoms with E-state index < -0.39 is 12.8 Å². The highest BCUT2D eigenvalue weighted by molar-refractivity contribution is 4.83. The fraction of sp³-hybridized carbons (Fsp3) is 0.750. The molecule has 0 amide bonds. The number of hydrogen-bond donors (Lipinski definition) is 1. The Hall–Kier alpha value is -1.15. The lowest BCUT2D eigenvalue weighted by molar-refractivity contribution is -0.177. The first-order valence-electron chi connectivity index (χ1n) is 4.68. The molecule has 1 aromatic rings. The number of rotatable bonds is 6. The van der Waals surface area contributed by atoms with Crippen molar-refractivity contribution in [2.45, 2.75) is 26.3 Å². The molecular formula is C8H12F3N3O2. The van der Waals surface area contributed by atoms with Crippen molar-refractivity contribution in [2.75, 3.05) is 13.2 Å². The number of alkyl halides is 3. The Morgan fingerprint density at radius 2 is 2.19 bits per heavy atom. The van der Waals surface area contributed by atoms with Crippen molar-refractivity contribution in [1.82, 2.24) is 15.5 Å². The second kappa shape index (κ2) is 5.80. The second-order valence-corrected chi connectivity index (χ2v) is 2.99. The molecule has 1 heterocycles. The van der Waals surface area contributed by atoms with Gasteiger partial charge in [0, 0.05) is 0 Å². The molecule has 1 N–H and O–H groups in total. The smallest absolute Gasteiger partial charge is 0.364 e. The minimum absolute atomic E-state index is 0.108. The van der Waals surface area contributed by atoms with Gasteiger partial charge in [0.05, 0.1) is 6.54 Å². The SMILES string of the molecule is CCNCc1nc(COCC(F)(F)F)no1. The summed E-state index contributed by atoms with van der Waals surface area (Å²) in [5.74, 6) is 0.435. The fourth-order valence-corrected chi connectivity index (χ4v) is 0.911. The van der Waals surface area contributed by atoms with Crippen molar-refractivity contribution in [3.8, 4) is 0 Å². The lowest BCUT2D eigenvalue weighted by Gasteiger charge is -2.04. The van der Waals surface area contributed by atoms with Crippen molar-refractivity contribution in [3.05, 3.63) is 11.7 Å².